The number of anilines is 1. The molecule has 0 saturated carbocycles. The minimum atomic E-state index is 0.237. The minimum Gasteiger partial charge on any atom is -0.456 e. The molecule has 2 N–H and O–H groups in total. The maximum Gasteiger partial charge on any atom is 0.146 e. The lowest BCUT2D eigenvalue weighted by molar-refractivity contribution is 0.187. The average molecular weight is 397 g/mol. The summed E-state index contributed by atoms with van der Waals surface area (Å²) in [4.78, 5) is 8.68. The number of nitrogens with two attached hydrogens (primary N) is 1. The van der Waals surface area contributed by atoms with Crippen LogP contribution in [-0.4, -0.2) is 27.7 Å². The molecule has 4 aromatic rings. The number of benzene rings is 2. The number of aromatic nitrogens is 3. The molecule has 1 saturated heterocycles. The summed E-state index contributed by atoms with van der Waals surface area (Å²) < 4.78 is 13.6. The highest BCUT2D eigenvalue weighted by Gasteiger charge is 2.23. The Bertz CT molecular complexity index is 1250. The van der Waals surface area contributed by atoms with Gasteiger partial charge in [-0.1, -0.05) is 24.3 Å². The highest BCUT2D eigenvalue weighted by Crippen LogP contribution is 2.37. The molecule has 0 aliphatic carbocycles. The Morgan fingerprint density at radius 1 is 1.13 bits per heavy atom. The Morgan fingerprint density at radius 3 is 2.73 bits per heavy atom. The zero-order valence-electron chi connectivity index (χ0n) is 16.2. The molecule has 0 amide bonds. The number of hydrogen-bond donors (Lipinski definition) is 1. The van der Waals surface area contributed by atoms with E-state index in [0.717, 1.165) is 35.2 Å². The lowest BCUT2D eigenvalue weighted by Gasteiger charge is -2.10. The van der Waals surface area contributed by atoms with Crippen LogP contribution in [0.5, 0.6) is 11.5 Å². The first-order valence-corrected chi connectivity index (χ1v) is 9.71. The number of nitrogens with zero attached hydrogens (tertiary/aromatic N) is 4. The predicted molar refractivity (Wildman–Crippen MR) is 113 cm³/mol. The van der Waals surface area contributed by atoms with Crippen molar-refractivity contribution in [2.45, 2.75) is 12.5 Å². The molecule has 0 spiro atoms. The lowest BCUT2D eigenvalue weighted by Crippen LogP contribution is -2.08. The van der Waals surface area contributed by atoms with Crippen LogP contribution in [0.1, 0.15) is 18.0 Å². The molecule has 1 aliphatic heterocycles. The van der Waals surface area contributed by atoms with Gasteiger partial charge in [0.15, 0.2) is 0 Å². The topological polar surface area (TPSA) is 99.0 Å². The quantitative estimate of drug-likeness (QED) is 0.551. The van der Waals surface area contributed by atoms with Crippen molar-refractivity contribution in [3.63, 3.8) is 0 Å². The van der Waals surface area contributed by atoms with Crippen molar-refractivity contribution in [1.29, 1.82) is 5.26 Å². The molecule has 5 rings (SSSR count). The number of para-hydroxylation sites is 1. The summed E-state index contributed by atoms with van der Waals surface area (Å²) in [7, 11) is 0. The highest BCUT2D eigenvalue weighted by molar-refractivity contribution is 6.00. The first-order valence-electron chi connectivity index (χ1n) is 9.71. The molecular formula is C23H19N5O2. The van der Waals surface area contributed by atoms with Crippen LogP contribution < -0.4 is 10.5 Å². The molecule has 1 fully saturated rings. The first kappa shape index (κ1) is 18.2. The molecule has 2 aromatic carbocycles. The van der Waals surface area contributed by atoms with Crippen molar-refractivity contribution in [2.24, 2.45) is 0 Å². The third-order valence-electron chi connectivity index (χ3n) is 5.34. The summed E-state index contributed by atoms with van der Waals surface area (Å²) in [6, 6.07) is 17.3. The molecule has 1 unspecified atom stereocenters. The van der Waals surface area contributed by atoms with Gasteiger partial charge in [0.25, 0.3) is 0 Å². The average Bonchev–Trinajstić information content (AvgIpc) is 3.43. The van der Waals surface area contributed by atoms with Crippen molar-refractivity contribution in [2.75, 3.05) is 18.9 Å². The lowest BCUT2D eigenvalue weighted by atomic mass is 10.1. The zero-order chi connectivity index (χ0) is 20.5. The van der Waals surface area contributed by atoms with Gasteiger partial charge in [-0.15, -0.1) is 0 Å². The summed E-state index contributed by atoms with van der Waals surface area (Å²) in [6.45, 7) is 1.41. The van der Waals surface area contributed by atoms with Crippen molar-refractivity contribution < 1.29 is 9.47 Å². The molecule has 7 nitrogen and oxygen atoms in total. The molecular weight excluding hydrogens is 378 g/mol. The molecule has 3 heterocycles. The van der Waals surface area contributed by atoms with Crippen molar-refractivity contribution in [3.05, 3.63) is 66.6 Å². The van der Waals surface area contributed by atoms with Crippen molar-refractivity contribution in [3.8, 4) is 28.7 Å². The molecule has 148 valence electrons. The third-order valence-corrected chi connectivity index (χ3v) is 5.34. The number of rotatable bonds is 4. The second-order valence-electron chi connectivity index (χ2n) is 7.16. The van der Waals surface area contributed by atoms with Gasteiger partial charge in [0.2, 0.25) is 0 Å². The van der Waals surface area contributed by atoms with E-state index in [-0.39, 0.29) is 6.04 Å². The fourth-order valence-corrected chi connectivity index (χ4v) is 3.82. The summed E-state index contributed by atoms with van der Waals surface area (Å²) in [6.07, 6.45) is 4.52. The van der Waals surface area contributed by atoms with Crippen LogP contribution in [0.4, 0.5) is 5.82 Å². The van der Waals surface area contributed by atoms with E-state index in [1.807, 2.05) is 36.4 Å². The SMILES string of the molecule is N#Cc1ccccc1Oc1ccc(-c2cn(C3CCOC3)c3ncnc(N)c23)cc1. The van der Waals surface area contributed by atoms with Gasteiger partial charge in [-0.05, 0) is 36.2 Å². The van der Waals surface area contributed by atoms with E-state index in [4.69, 9.17) is 15.2 Å². The van der Waals surface area contributed by atoms with Crippen LogP contribution >= 0.6 is 0 Å². The van der Waals surface area contributed by atoms with E-state index in [0.29, 0.717) is 29.5 Å². The van der Waals surface area contributed by atoms with E-state index in [9.17, 15) is 5.26 Å². The Morgan fingerprint density at radius 2 is 1.97 bits per heavy atom. The molecule has 0 bridgehead atoms. The zero-order valence-corrected chi connectivity index (χ0v) is 16.2. The highest BCUT2D eigenvalue weighted by atomic mass is 16.5. The van der Waals surface area contributed by atoms with Gasteiger partial charge in [0, 0.05) is 18.4 Å². The fraction of sp³-hybridized carbons (Fsp3) is 0.174. The molecule has 30 heavy (non-hydrogen) atoms. The van der Waals surface area contributed by atoms with Crippen LogP contribution in [0.3, 0.4) is 0 Å². The second-order valence-corrected chi connectivity index (χ2v) is 7.16. The number of nitrogen functional groups attached to an aromatic ring is 1. The molecule has 1 atom stereocenters. The Balaban J connectivity index is 1.52. The predicted octanol–water partition coefficient (Wildman–Crippen LogP) is 4.31. The number of ether oxygens (including phenoxy) is 2. The van der Waals surface area contributed by atoms with Crippen molar-refractivity contribution >= 4 is 16.9 Å². The Labute approximate surface area is 173 Å². The van der Waals surface area contributed by atoms with Crippen LogP contribution in [0.2, 0.25) is 0 Å². The van der Waals surface area contributed by atoms with Gasteiger partial charge < -0.3 is 19.8 Å². The van der Waals surface area contributed by atoms with Gasteiger partial charge >= 0.3 is 0 Å². The van der Waals surface area contributed by atoms with Crippen LogP contribution in [-0.2, 0) is 4.74 Å². The van der Waals surface area contributed by atoms with Crippen LogP contribution in [0.25, 0.3) is 22.2 Å². The summed E-state index contributed by atoms with van der Waals surface area (Å²) >= 11 is 0. The van der Waals surface area contributed by atoms with Crippen molar-refractivity contribution in [1.82, 2.24) is 14.5 Å². The van der Waals surface area contributed by atoms with Crippen LogP contribution in [0.15, 0.2) is 61.1 Å². The maximum atomic E-state index is 9.24. The molecule has 2 aromatic heterocycles. The number of nitriles is 1. The fourth-order valence-electron chi connectivity index (χ4n) is 3.82. The largest absolute Gasteiger partial charge is 0.456 e. The van der Waals surface area contributed by atoms with Gasteiger partial charge in [-0.2, -0.15) is 5.26 Å². The summed E-state index contributed by atoms with van der Waals surface area (Å²) in [5.74, 6) is 1.64. The summed E-state index contributed by atoms with van der Waals surface area (Å²) in [5, 5.41) is 10.1. The van der Waals surface area contributed by atoms with E-state index >= 15 is 0 Å². The molecule has 1 aliphatic rings. The van der Waals surface area contributed by atoms with E-state index in [1.165, 1.54) is 6.33 Å². The molecule has 7 heteroatoms. The second kappa shape index (κ2) is 7.50. The maximum absolute atomic E-state index is 9.24. The summed E-state index contributed by atoms with van der Waals surface area (Å²) in [5.41, 5.74) is 9.49. The minimum absolute atomic E-state index is 0.237. The number of fused-ring (bicyclic) bond motifs is 1. The van der Waals surface area contributed by atoms with Gasteiger partial charge in [0.05, 0.1) is 23.6 Å². The molecule has 0 radical (unpaired) electrons. The van der Waals surface area contributed by atoms with Crippen LogP contribution in [0, 0.1) is 11.3 Å². The van der Waals surface area contributed by atoms with E-state index in [1.54, 1.807) is 12.1 Å². The first-order chi connectivity index (χ1) is 14.7. The smallest absolute Gasteiger partial charge is 0.146 e. The van der Waals surface area contributed by atoms with Gasteiger partial charge in [-0.25, -0.2) is 9.97 Å². The van der Waals surface area contributed by atoms with E-state index < -0.39 is 0 Å². The normalized spacial score (nSPS) is 15.9. The van der Waals surface area contributed by atoms with E-state index in [2.05, 4.69) is 26.8 Å². The van der Waals surface area contributed by atoms with Gasteiger partial charge in [-0.3, -0.25) is 0 Å². The Kier molecular flexibility index (Phi) is 4.54. The van der Waals surface area contributed by atoms with Gasteiger partial charge in [0.1, 0.15) is 35.4 Å². The standard InChI is InChI=1S/C23H19N5O2/c24-11-16-3-1-2-4-20(16)30-18-7-5-15(6-8-18)19-12-28(17-9-10-29-13-17)23-21(19)22(25)26-14-27-23/h1-8,12,14,17H,9-10,13H2,(H2,25,26,27). The Hall–Kier alpha value is -3.89. The monoisotopic (exact) mass is 397 g/mol. The third kappa shape index (κ3) is 3.13. The number of hydrogen-bond acceptors (Lipinski definition) is 6.